The smallest absolute Gasteiger partial charge is 0.135 e. The van der Waals surface area contributed by atoms with E-state index >= 15 is 0 Å². The summed E-state index contributed by atoms with van der Waals surface area (Å²) in [6.07, 6.45) is 6.91. The number of furan rings is 1. The van der Waals surface area contributed by atoms with E-state index in [2.05, 4.69) is 126 Å². The van der Waals surface area contributed by atoms with E-state index in [4.69, 9.17) is 4.42 Å². The van der Waals surface area contributed by atoms with Crippen molar-refractivity contribution in [3.05, 3.63) is 143 Å². The number of hydrogen-bond acceptors (Lipinski definition) is 2. The SMILES string of the molecule is C1=CC(c2ccc3oc4ccccc4c3c2)C2C(=C1)Sc1cc(-n3c4ccccc4c4ccccc43)ccc12. The second-order valence-corrected chi connectivity index (χ2v) is 11.6. The van der Waals surface area contributed by atoms with E-state index in [0.717, 1.165) is 11.2 Å². The fourth-order valence-corrected chi connectivity index (χ4v) is 7.99. The highest BCUT2D eigenvalue weighted by molar-refractivity contribution is 8.03. The highest BCUT2D eigenvalue weighted by Gasteiger charge is 2.36. The van der Waals surface area contributed by atoms with Crippen LogP contribution in [0, 0.1) is 0 Å². The molecule has 0 bridgehead atoms. The monoisotopic (exact) mass is 517 g/mol. The van der Waals surface area contributed by atoms with Gasteiger partial charge in [0, 0.05) is 44.0 Å². The Bertz CT molecular complexity index is 2120. The fourth-order valence-electron chi connectivity index (χ4n) is 6.70. The van der Waals surface area contributed by atoms with Gasteiger partial charge in [-0.2, -0.15) is 0 Å². The maximum Gasteiger partial charge on any atom is 0.135 e. The first kappa shape index (κ1) is 21.5. The molecule has 2 aliphatic rings. The zero-order valence-corrected chi connectivity index (χ0v) is 21.9. The van der Waals surface area contributed by atoms with Gasteiger partial charge in [-0.15, -0.1) is 0 Å². The Hall–Kier alpha value is -4.47. The molecule has 184 valence electrons. The number of fused-ring (bicyclic) bond motifs is 9. The van der Waals surface area contributed by atoms with Crippen molar-refractivity contribution in [2.24, 2.45) is 0 Å². The van der Waals surface area contributed by atoms with Gasteiger partial charge in [0.05, 0.1) is 11.0 Å². The van der Waals surface area contributed by atoms with Crippen LogP contribution in [0.5, 0.6) is 0 Å². The van der Waals surface area contributed by atoms with Gasteiger partial charge in [0.25, 0.3) is 0 Å². The number of allylic oxidation sites excluding steroid dienone is 4. The van der Waals surface area contributed by atoms with Gasteiger partial charge < -0.3 is 8.98 Å². The lowest BCUT2D eigenvalue weighted by Gasteiger charge is -2.25. The normalized spacial score (nSPS) is 18.2. The van der Waals surface area contributed by atoms with Crippen LogP contribution in [-0.2, 0) is 0 Å². The molecular formula is C36H23NOS. The zero-order valence-electron chi connectivity index (χ0n) is 21.0. The first-order chi connectivity index (χ1) is 19.3. The second kappa shape index (κ2) is 8.02. The topological polar surface area (TPSA) is 18.1 Å². The van der Waals surface area contributed by atoms with E-state index < -0.39 is 0 Å². The van der Waals surface area contributed by atoms with Gasteiger partial charge in [0.15, 0.2) is 0 Å². The van der Waals surface area contributed by atoms with Gasteiger partial charge in [0.1, 0.15) is 11.2 Å². The molecule has 2 nitrogen and oxygen atoms in total. The molecule has 7 aromatic rings. The van der Waals surface area contributed by atoms with Crippen LogP contribution in [-0.4, -0.2) is 4.57 Å². The molecule has 0 saturated carbocycles. The number of nitrogens with zero attached hydrogens (tertiary/aromatic N) is 1. The standard InChI is InChI=1S/C36H23NOS/c1-4-12-30-25(8-1)26-9-2-5-13-31(26)37(30)23-17-18-28-35(21-23)39-34-15-7-11-24(36(28)34)22-16-19-33-29(20-22)27-10-3-6-14-32(27)38-33/h1-21,24,36H. The second-order valence-electron chi connectivity index (χ2n) is 10.5. The van der Waals surface area contributed by atoms with Crippen LogP contribution >= 0.6 is 11.8 Å². The first-order valence-corrected chi connectivity index (χ1v) is 14.2. The third kappa shape index (κ3) is 3.05. The lowest BCUT2D eigenvalue weighted by Crippen LogP contribution is -2.10. The summed E-state index contributed by atoms with van der Waals surface area (Å²) < 4.78 is 8.52. The summed E-state index contributed by atoms with van der Waals surface area (Å²) in [7, 11) is 0. The number of para-hydroxylation sites is 3. The Labute approximate surface area is 229 Å². The average molecular weight is 518 g/mol. The van der Waals surface area contributed by atoms with Gasteiger partial charge >= 0.3 is 0 Å². The number of thioether (sulfide) groups is 1. The minimum atomic E-state index is 0.288. The third-order valence-corrected chi connectivity index (χ3v) is 9.63. The molecule has 0 fully saturated rings. The summed E-state index contributed by atoms with van der Waals surface area (Å²) in [5, 5.41) is 4.97. The van der Waals surface area contributed by atoms with Crippen molar-refractivity contribution in [2.75, 3.05) is 0 Å². The number of benzene rings is 5. The fraction of sp³-hybridized carbons (Fsp3) is 0.0556. The van der Waals surface area contributed by atoms with Crippen LogP contribution in [0.3, 0.4) is 0 Å². The van der Waals surface area contributed by atoms with Gasteiger partial charge in [-0.25, -0.2) is 0 Å². The lowest BCUT2D eigenvalue weighted by atomic mass is 9.78. The van der Waals surface area contributed by atoms with Gasteiger partial charge in [-0.05, 0) is 58.5 Å². The van der Waals surface area contributed by atoms with E-state index in [0.29, 0.717) is 5.92 Å². The van der Waals surface area contributed by atoms with Crippen molar-refractivity contribution in [1.29, 1.82) is 0 Å². The molecular weight excluding hydrogens is 494 g/mol. The largest absolute Gasteiger partial charge is 0.456 e. The van der Waals surface area contributed by atoms with Crippen molar-refractivity contribution in [3.8, 4) is 5.69 Å². The Morgan fingerprint density at radius 3 is 2.18 bits per heavy atom. The molecule has 0 N–H and O–H groups in total. The Balaban J connectivity index is 1.17. The van der Waals surface area contributed by atoms with E-state index in [1.165, 1.54) is 59.2 Å². The molecule has 3 heteroatoms. The number of aromatic nitrogens is 1. The summed E-state index contributed by atoms with van der Waals surface area (Å²) in [6, 6.07) is 39.6. The molecule has 9 rings (SSSR count). The first-order valence-electron chi connectivity index (χ1n) is 13.4. The van der Waals surface area contributed by atoms with Crippen LogP contribution in [0.15, 0.2) is 142 Å². The minimum Gasteiger partial charge on any atom is -0.456 e. The molecule has 0 saturated heterocycles. The number of rotatable bonds is 2. The van der Waals surface area contributed by atoms with Gasteiger partial charge in [-0.1, -0.05) is 96.7 Å². The lowest BCUT2D eigenvalue weighted by molar-refractivity contribution is 0.668. The highest BCUT2D eigenvalue weighted by atomic mass is 32.2. The summed E-state index contributed by atoms with van der Waals surface area (Å²) >= 11 is 1.93. The van der Waals surface area contributed by atoms with E-state index in [9.17, 15) is 0 Å². The Kier molecular flexibility index (Phi) is 4.41. The maximum atomic E-state index is 6.11. The van der Waals surface area contributed by atoms with Crippen LogP contribution in [0.25, 0.3) is 49.4 Å². The van der Waals surface area contributed by atoms with Crippen molar-refractivity contribution in [2.45, 2.75) is 16.7 Å². The molecule has 39 heavy (non-hydrogen) atoms. The maximum absolute atomic E-state index is 6.11. The minimum absolute atomic E-state index is 0.288. The summed E-state index contributed by atoms with van der Waals surface area (Å²) in [5.41, 5.74) is 8.37. The van der Waals surface area contributed by atoms with Crippen molar-refractivity contribution in [1.82, 2.24) is 4.57 Å². The van der Waals surface area contributed by atoms with Crippen LogP contribution < -0.4 is 0 Å². The molecule has 0 spiro atoms. The van der Waals surface area contributed by atoms with Crippen molar-refractivity contribution in [3.63, 3.8) is 0 Å². The molecule has 2 atom stereocenters. The Morgan fingerprint density at radius 2 is 1.36 bits per heavy atom. The van der Waals surface area contributed by atoms with E-state index in [1.807, 2.05) is 17.8 Å². The molecule has 5 aromatic carbocycles. The molecule has 0 amide bonds. The van der Waals surface area contributed by atoms with Crippen molar-refractivity contribution < 1.29 is 4.42 Å². The molecule has 1 aliphatic heterocycles. The quantitative estimate of drug-likeness (QED) is 0.227. The average Bonchev–Trinajstić information content (AvgIpc) is 3.65. The van der Waals surface area contributed by atoms with Gasteiger partial charge in [-0.3, -0.25) is 0 Å². The predicted molar refractivity (Wildman–Crippen MR) is 163 cm³/mol. The Morgan fingerprint density at radius 1 is 0.641 bits per heavy atom. The number of hydrogen-bond donors (Lipinski definition) is 0. The van der Waals surface area contributed by atoms with Gasteiger partial charge in [0.2, 0.25) is 0 Å². The van der Waals surface area contributed by atoms with Crippen LogP contribution in [0.1, 0.15) is 23.0 Å². The van der Waals surface area contributed by atoms with Crippen LogP contribution in [0.2, 0.25) is 0 Å². The van der Waals surface area contributed by atoms with E-state index in [-0.39, 0.29) is 5.92 Å². The summed E-state index contributed by atoms with van der Waals surface area (Å²) in [5.74, 6) is 0.619. The zero-order chi connectivity index (χ0) is 25.5. The molecule has 0 radical (unpaired) electrons. The van der Waals surface area contributed by atoms with Crippen LogP contribution in [0.4, 0.5) is 0 Å². The highest BCUT2D eigenvalue weighted by Crippen LogP contribution is 2.56. The van der Waals surface area contributed by atoms with Crippen molar-refractivity contribution >= 4 is 55.5 Å². The predicted octanol–water partition coefficient (Wildman–Crippen LogP) is 10.1. The molecule has 3 heterocycles. The molecule has 2 unspecified atom stereocenters. The molecule has 1 aliphatic carbocycles. The summed E-state index contributed by atoms with van der Waals surface area (Å²) in [4.78, 5) is 2.78. The molecule has 2 aromatic heterocycles. The summed E-state index contributed by atoms with van der Waals surface area (Å²) in [6.45, 7) is 0. The third-order valence-electron chi connectivity index (χ3n) is 8.43. The van der Waals surface area contributed by atoms with E-state index in [1.54, 1.807) is 0 Å².